The molecule has 2 aliphatic rings. The first-order valence-corrected chi connectivity index (χ1v) is 9.98. The number of nitrogens with zero attached hydrogens (tertiary/aromatic N) is 2. The minimum atomic E-state index is -0.0104. The summed E-state index contributed by atoms with van der Waals surface area (Å²) in [7, 11) is 3.99. The number of hydrogen-bond donors (Lipinski definition) is 1. The van der Waals surface area contributed by atoms with Gasteiger partial charge in [-0.15, -0.1) is 0 Å². The third kappa shape index (κ3) is 5.22. The van der Waals surface area contributed by atoms with Crippen LogP contribution in [0.5, 0.6) is 0 Å². The molecule has 6 heteroatoms. The number of anilines is 2. The molecule has 1 aromatic carbocycles. The highest BCUT2D eigenvalue weighted by molar-refractivity contribution is 5.91. The molecule has 0 aromatic heterocycles. The standard InChI is InChI=1S/C21H31N3O3/c1-4-20(25)22-17-9-10-19(23(2)3)16(12-17)13-24(21(26)15-7-8-15)14-18-6-5-11-27-18/h9-10,12,15,18H,4-8,11,13-14H2,1-3H3,(H,22,25)/t18-/m1/s1. The van der Waals surface area contributed by atoms with Gasteiger partial charge in [0, 0.05) is 57.5 Å². The van der Waals surface area contributed by atoms with Gasteiger partial charge < -0.3 is 19.9 Å². The van der Waals surface area contributed by atoms with E-state index in [4.69, 9.17) is 4.74 Å². The molecule has 0 spiro atoms. The molecule has 1 N–H and O–H groups in total. The molecule has 27 heavy (non-hydrogen) atoms. The summed E-state index contributed by atoms with van der Waals surface area (Å²) in [5, 5.41) is 2.92. The number of carbonyl (C=O) groups is 2. The quantitative estimate of drug-likeness (QED) is 0.761. The lowest BCUT2D eigenvalue weighted by atomic mass is 10.1. The van der Waals surface area contributed by atoms with E-state index < -0.39 is 0 Å². The minimum Gasteiger partial charge on any atom is -0.377 e. The van der Waals surface area contributed by atoms with Crippen molar-refractivity contribution in [1.82, 2.24) is 4.90 Å². The first-order chi connectivity index (χ1) is 13.0. The molecule has 148 valence electrons. The van der Waals surface area contributed by atoms with Crippen LogP contribution in [0.15, 0.2) is 18.2 Å². The predicted octanol–water partition coefficient (Wildman–Crippen LogP) is 3.02. The molecule has 2 fully saturated rings. The lowest BCUT2D eigenvalue weighted by molar-refractivity contribution is -0.134. The van der Waals surface area contributed by atoms with Crippen LogP contribution in [-0.2, 0) is 20.9 Å². The maximum Gasteiger partial charge on any atom is 0.226 e. The second-order valence-electron chi connectivity index (χ2n) is 7.77. The van der Waals surface area contributed by atoms with Crippen LogP contribution in [0.1, 0.15) is 44.6 Å². The molecule has 1 aromatic rings. The van der Waals surface area contributed by atoms with Crippen molar-refractivity contribution < 1.29 is 14.3 Å². The molecule has 1 aliphatic carbocycles. The van der Waals surface area contributed by atoms with E-state index in [0.717, 1.165) is 49.2 Å². The van der Waals surface area contributed by atoms with Gasteiger partial charge in [0.25, 0.3) is 0 Å². The molecule has 1 saturated carbocycles. The highest BCUT2D eigenvalue weighted by Crippen LogP contribution is 2.33. The van der Waals surface area contributed by atoms with Gasteiger partial charge in [0.1, 0.15) is 0 Å². The molecule has 2 amide bonds. The lowest BCUT2D eigenvalue weighted by Gasteiger charge is -2.28. The zero-order valence-electron chi connectivity index (χ0n) is 16.7. The molecule has 0 radical (unpaired) electrons. The van der Waals surface area contributed by atoms with Crippen molar-refractivity contribution in [2.75, 3.05) is 37.5 Å². The van der Waals surface area contributed by atoms with Crippen LogP contribution in [0.25, 0.3) is 0 Å². The Kier molecular flexibility index (Phi) is 6.37. The van der Waals surface area contributed by atoms with Gasteiger partial charge >= 0.3 is 0 Å². The van der Waals surface area contributed by atoms with Crippen molar-refractivity contribution in [2.24, 2.45) is 5.92 Å². The lowest BCUT2D eigenvalue weighted by Crippen LogP contribution is -2.38. The number of carbonyl (C=O) groups excluding carboxylic acids is 2. The number of benzene rings is 1. The fourth-order valence-electron chi connectivity index (χ4n) is 3.54. The number of ether oxygens (including phenoxy) is 1. The Balaban J connectivity index is 1.82. The van der Waals surface area contributed by atoms with Gasteiger partial charge in [-0.1, -0.05) is 6.92 Å². The summed E-state index contributed by atoms with van der Waals surface area (Å²) in [6.07, 6.45) is 4.65. The van der Waals surface area contributed by atoms with Gasteiger partial charge in [-0.3, -0.25) is 9.59 Å². The second-order valence-corrected chi connectivity index (χ2v) is 7.77. The summed E-state index contributed by atoms with van der Waals surface area (Å²) < 4.78 is 5.78. The average Bonchev–Trinajstić information content (AvgIpc) is 3.37. The highest BCUT2D eigenvalue weighted by atomic mass is 16.5. The topological polar surface area (TPSA) is 61.9 Å². The molecular weight excluding hydrogens is 342 g/mol. The zero-order chi connectivity index (χ0) is 19.4. The van der Waals surface area contributed by atoms with Gasteiger partial charge in [-0.2, -0.15) is 0 Å². The van der Waals surface area contributed by atoms with Gasteiger partial charge in [-0.25, -0.2) is 0 Å². The smallest absolute Gasteiger partial charge is 0.226 e. The van der Waals surface area contributed by atoms with Crippen molar-refractivity contribution in [2.45, 2.75) is 51.7 Å². The van der Waals surface area contributed by atoms with Crippen LogP contribution < -0.4 is 10.2 Å². The fraction of sp³-hybridized carbons (Fsp3) is 0.619. The Morgan fingerprint density at radius 1 is 1.22 bits per heavy atom. The first kappa shape index (κ1) is 19.7. The van der Waals surface area contributed by atoms with Crippen LogP contribution in [0.2, 0.25) is 0 Å². The van der Waals surface area contributed by atoms with E-state index in [2.05, 4.69) is 5.32 Å². The number of nitrogens with one attached hydrogen (secondary N) is 1. The number of hydrogen-bond acceptors (Lipinski definition) is 4. The maximum atomic E-state index is 12.9. The Labute approximate surface area is 161 Å². The van der Waals surface area contributed by atoms with Crippen molar-refractivity contribution in [3.63, 3.8) is 0 Å². The van der Waals surface area contributed by atoms with E-state index in [1.807, 2.05) is 49.0 Å². The summed E-state index contributed by atoms with van der Waals surface area (Å²) in [6, 6.07) is 5.91. The molecule has 1 heterocycles. The van der Waals surface area contributed by atoms with Crippen molar-refractivity contribution in [3.05, 3.63) is 23.8 Å². The van der Waals surface area contributed by atoms with Gasteiger partial charge in [0.2, 0.25) is 11.8 Å². The highest BCUT2D eigenvalue weighted by Gasteiger charge is 2.35. The zero-order valence-corrected chi connectivity index (χ0v) is 16.7. The Morgan fingerprint density at radius 3 is 2.59 bits per heavy atom. The number of amides is 2. The van der Waals surface area contributed by atoms with Gasteiger partial charge in [0.05, 0.1) is 6.10 Å². The Morgan fingerprint density at radius 2 is 2.00 bits per heavy atom. The molecule has 6 nitrogen and oxygen atoms in total. The molecule has 0 unspecified atom stereocenters. The fourth-order valence-corrected chi connectivity index (χ4v) is 3.54. The third-order valence-corrected chi connectivity index (χ3v) is 5.21. The first-order valence-electron chi connectivity index (χ1n) is 9.98. The Bertz CT molecular complexity index is 679. The summed E-state index contributed by atoms with van der Waals surface area (Å²) in [5.74, 6) is 0.402. The normalized spacial score (nSPS) is 19.0. The molecule has 0 bridgehead atoms. The summed E-state index contributed by atoms with van der Waals surface area (Å²) in [5.41, 5.74) is 2.88. The average molecular weight is 373 g/mol. The predicted molar refractivity (Wildman–Crippen MR) is 107 cm³/mol. The molecule has 1 saturated heterocycles. The van der Waals surface area contributed by atoms with Crippen molar-refractivity contribution in [1.29, 1.82) is 0 Å². The van der Waals surface area contributed by atoms with Crippen molar-refractivity contribution in [3.8, 4) is 0 Å². The summed E-state index contributed by atoms with van der Waals surface area (Å²) in [6.45, 7) is 3.81. The van der Waals surface area contributed by atoms with E-state index in [-0.39, 0.29) is 23.8 Å². The largest absolute Gasteiger partial charge is 0.377 e. The van der Waals surface area contributed by atoms with E-state index in [1.165, 1.54) is 0 Å². The summed E-state index contributed by atoms with van der Waals surface area (Å²) in [4.78, 5) is 28.6. The van der Waals surface area contributed by atoms with E-state index >= 15 is 0 Å². The van der Waals surface area contributed by atoms with E-state index in [0.29, 0.717) is 19.5 Å². The summed E-state index contributed by atoms with van der Waals surface area (Å²) >= 11 is 0. The molecular formula is C21H31N3O3. The van der Waals surface area contributed by atoms with E-state index in [1.54, 1.807) is 0 Å². The van der Waals surface area contributed by atoms with Crippen LogP contribution >= 0.6 is 0 Å². The maximum absolute atomic E-state index is 12.9. The third-order valence-electron chi connectivity index (χ3n) is 5.21. The number of rotatable bonds is 8. The van der Waals surface area contributed by atoms with Crippen LogP contribution in [0, 0.1) is 5.92 Å². The second kappa shape index (κ2) is 8.74. The molecule has 1 aliphatic heterocycles. The minimum absolute atomic E-state index is 0.0104. The monoisotopic (exact) mass is 373 g/mol. The Hall–Kier alpha value is -2.08. The molecule has 3 rings (SSSR count). The van der Waals surface area contributed by atoms with Gasteiger partial charge in [-0.05, 0) is 49.4 Å². The molecule has 1 atom stereocenters. The van der Waals surface area contributed by atoms with Crippen LogP contribution in [0.3, 0.4) is 0 Å². The van der Waals surface area contributed by atoms with E-state index in [9.17, 15) is 9.59 Å². The van der Waals surface area contributed by atoms with Crippen LogP contribution in [-0.4, -0.2) is 50.1 Å². The van der Waals surface area contributed by atoms with Gasteiger partial charge in [0.15, 0.2) is 0 Å². The SMILES string of the molecule is CCC(=O)Nc1ccc(N(C)C)c(CN(C[C@H]2CCCO2)C(=O)C2CC2)c1. The van der Waals surface area contributed by atoms with Crippen molar-refractivity contribution >= 4 is 23.2 Å². The van der Waals surface area contributed by atoms with Crippen LogP contribution in [0.4, 0.5) is 11.4 Å².